The molecular formula is C12H17NO3. The largest absolute Gasteiger partial charge is 0.485 e. The van der Waals surface area contributed by atoms with Gasteiger partial charge >= 0.3 is 0 Å². The van der Waals surface area contributed by atoms with Gasteiger partial charge in [0.25, 0.3) is 5.88 Å². The molecule has 0 unspecified atom stereocenters. The molecule has 1 aliphatic carbocycles. The van der Waals surface area contributed by atoms with Crippen molar-refractivity contribution in [3.05, 3.63) is 17.8 Å². The first-order valence-electron chi connectivity index (χ1n) is 5.64. The molecule has 4 heteroatoms. The maximum Gasteiger partial charge on any atom is 0.256 e. The van der Waals surface area contributed by atoms with E-state index in [1.54, 1.807) is 19.4 Å². The molecule has 0 radical (unpaired) electrons. The molecule has 0 bridgehead atoms. The van der Waals surface area contributed by atoms with Crippen molar-refractivity contribution in [1.82, 2.24) is 4.98 Å². The van der Waals surface area contributed by atoms with E-state index in [2.05, 4.69) is 4.98 Å². The van der Waals surface area contributed by atoms with E-state index in [0.29, 0.717) is 11.6 Å². The summed E-state index contributed by atoms with van der Waals surface area (Å²) in [5, 5.41) is 9.05. The fourth-order valence-electron chi connectivity index (χ4n) is 1.98. The molecule has 1 aromatic rings. The van der Waals surface area contributed by atoms with Gasteiger partial charge in [0, 0.05) is 6.20 Å². The van der Waals surface area contributed by atoms with Gasteiger partial charge in [-0.2, -0.15) is 0 Å². The summed E-state index contributed by atoms with van der Waals surface area (Å²) in [7, 11) is 1.57. The first kappa shape index (κ1) is 11.2. The summed E-state index contributed by atoms with van der Waals surface area (Å²) in [5.41, 5.74) is 0.744. The van der Waals surface area contributed by atoms with Crippen molar-refractivity contribution in [2.45, 2.75) is 38.4 Å². The number of rotatable bonds is 4. The van der Waals surface area contributed by atoms with E-state index in [1.165, 1.54) is 12.8 Å². The molecule has 1 N–H and O–H groups in total. The summed E-state index contributed by atoms with van der Waals surface area (Å²) in [5.74, 6) is 1.13. The SMILES string of the molecule is COc1ncc(CO)cc1OC1CCCC1. The summed E-state index contributed by atoms with van der Waals surface area (Å²) >= 11 is 0. The molecule has 1 aliphatic rings. The van der Waals surface area contributed by atoms with Crippen LogP contribution in [0.4, 0.5) is 0 Å². The summed E-state index contributed by atoms with van der Waals surface area (Å²) < 4.78 is 11.0. The number of aromatic nitrogens is 1. The van der Waals surface area contributed by atoms with Crippen LogP contribution < -0.4 is 9.47 Å². The number of aliphatic hydroxyl groups is 1. The van der Waals surface area contributed by atoms with Crippen LogP contribution in [0.5, 0.6) is 11.6 Å². The normalized spacial score (nSPS) is 16.4. The van der Waals surface area contributed by atoms with Crippen molar-refractivity contribution >= 4 is 0 Å². The number of nitrogens with zero attached hydrogens (tertiary/aromatic N) is 1. The predicted octanol–water partition coefficient (Wildman–Crippen LogP) is 1.90. The van der Waals surface area contributed by atoms with Gasteiger partial charge in [0.05, 0.1) is 19.8 Å². The second-order valence-corrected chi connectivity index (χ2v) is 4.03. The van der Waals surface area contributed by atoms with Crippen LogP contribution in [-0.2, 0) is 6.61 Å². The van der Waals surface area contributed by atoms with Crippen LogP contribution in [0.15, 0.2) is 12.3 Å². The molecule has 1 aromatic heterocycles. The van der Waals surface area contributed by atoms with Crippen molar-refractivity contribution in [3.8, 4) is 11.6 Å². The predicted molar refractivity (Wildman–Crippen MR) is 59.6 cm³/mol. The van der Waals surface area contributed by atoms with Crippen LogP contribution >= 0.6 is 0 Å². The van der Waals surface area contributed by atoms with E-state index in [9.17, 15) is 0 Å². The third-order valence-electron chi connectivity index (χ3n) is 2.85. The van der Waals surface area contributed by atoms with Crippen LogP contribution in [0.25, 0.3) is 0 Å². The molecule has 0 aliphatic heterocycles. The Morgan fingerprint density at radius 1 is 1.44 bits per heavy atom. The Labute approximate surface area is 95.2 Å². The van der Waals surface area contributed by atoms with E-state index < -0.39 is 0 Å². The molecule has 0 amide bonds. The lowest BCUT2D eigenvalue weighted by molar-refractivity contribution is 0.197. The molecule has 1 saturated carbocycles. The van der Waals surface area contributed by atoms with Gasteiger partial charge in [-0.3, -0.25) is 0 Å². The Morgan fingerprint density at radius 3 is 2.81 bits per heavy atom. The molecule has 0 aromatic carbocycles. The van der Waals surface area contributed by atoms with Gasteiger partial charge in [-0.1, -0.05) is 0 Å². The van der Waals surface area contributed by atoms with Crippen molar-refractivity contribution in [1.29, 1.82) is 0 Å². The summed E-state index contributed by atoms with van der Waals surface area (Å²) in [6.07, 6.45) is 6.49. The minimum Gasteiger partial charge on any atom is -0.485 e. The zero-order valence-corrected chi connectivity index (χ0v) is 9.48. The number of hydrogen-bond acceptors (Lipinski definition) is 4. The summed E-state index contributed by atoms with van der Waals surface area (Å²) in [4.78, 5) is 4.10. The quantitative estimate of drug-likeness (QED) is 0.847. The van der Waals surface area contributed by atoms with Crippen LogP contribution in [0, 0.1) is 0 Å². The fraction of sp³-hybridized carbons (Fsp3) is 0.583. The minimum absolute atomic E-state index is 0.0297. The Hall–Kier alpha value is -1.29. The molecule has 1 fully saturated rings. The lowest BCUT2D eigenvalue weighted by atomic mass is 10.2. The van der Waals surface area contributed by atoms with Crippen LogP contribution in [0.2, 0.25) is 0 Å². The Bertz CT molecular complexity index is 348. The van der Waals surface area contributed by atoms with Gasteiger partial charge in [-0.25, -0.2) is 4.98 Å². The van der Waals surface area contributed by atoms with E-state index in [4.69, 9.17) is 14.6 Å². The van der Waals surface area contributed by atoms with Gasteiger partial charge < -0.3 is 14.6 Å². The number of hydrogen-bond donors (Lipinski definition) is 1. The van der Waals surface area contributed by atoms with Crippen molar-refractivity contribution < 1.29 is 14.6 Å². The van der Waals surface area contributed by atoms with Gasteiger partial charge in [-0.05, 0) is 37.3 Å². The standard InChI is InChI=1S/C12H17NO3/c1-15-12-11(6-9(8-14)7-13-12)16-10-4-2-3-5-10/h6-7,10,14H,2-5,8H2,1H3. The second kappa shape index (κ2) is 5.16. The topological polar surface area (TPSA) is 51.6 Å². The first-order valence-corrected chi connectivity index (χ1v) is 5.64. The van der Waals surface area contributed by atoms with E-state index in [0.717, 1.165) is 18.4 Å². The van der Waals surface area contributed by atoms with Gasteiger partial charge in [0.2, 0.25) is 0 Å². The second-order valence-electron chi connectivity index (χ2n) is 4.03. The Morgan fingerprint density at radius 2 is 2.19 bits per heavy atom. The highest BCUT2D eigenvalue weighted by Crippen LogP contribution is 2.30. The van der Waals surface area contributed by atoms with Crippen molar-refractivity contribution in [2.75, 3.05) is 7.11 Å². The summed E-state index contributed by atoms with van der Waals surface area (Å²) in [6.45, 7) is -0.0297. The Balaban J connectivity index is 2.15. The number of methoxy groups -OCH3 is 1. The number of aliphatic hydroxyl groups excluding tert-OH is 1. The highest BCUT2D eigenvalue weighted by atomic mass is 16.5. The zero-order valence-electron chi connectivity index (χ0n) is 9.48. The molecule has 88 valence electrons. The van der Waals surface area contributed by atoms with Crippen LogP contribution in [0.1, 0.15) is 31.2 Å². The van der Waals surface area contributed by atoms with E-state index in [-0.39, 0.29) is 12.7 Å². The maximum atomic E-state index is 9.05. The number of pyridine rings is 1. The molecule has 1 heterocycles. The fourth-order valence-corrected chi connectivity index (χ4v) is 1.98. The average molecular weight is 223 g/mol. The van der Waals surface area contributed by atoms with Crippen LogP contribution in [-0.4, -0.2) is 23.3 Å². The molecular weight excluding hydrogens is 206 g/mol. The lowest BCUT2D eigenvalue weighted by Gasteiger charge is -2.15. The third-order valence-corrected chi connectivity index (χ3v) is 2.85. The van der Waals surface area contributed by atoms with Gasteiger partial charge in [0.1, 0.15) is 0 Å². The molecule has 16 heavy (non-hydrogen) atoms. The Kier molecular flexibility index (Phi) is 3.62. The molecule has 0 spiro atoms. The molecule has 2 rings (SSSR count). The van der Waals surface area contributed by atoms with Crippen molar-refractivity contribution in [2.24, 2.45) is 0 Å². The van der Waals surface area contributed by atoms with Gasteiger partial charge in [0.15, 0.2) is 5.75 Å². The zero-order chi connectivity index (χ0) is 11.4. The highest BCUT2D eigenvalue weighted by Gasteiger charge is 2.19. The lowest BCUT2D eigenvalue weighted by Crippen LogP contribution is -2.12. The first-order chi connectivity index (χ1) is 7.83. The summed E-state index contributed by atoms with van der Waals surface area (Å²) in [6, 6.07) is 1.80. The molecule has 0 saturated heterocycles. The monoisotopic (exact) mass is 223 g/mol. The highest BCUT2D eigenvalue weighted by molar-refractivity contribution is 5.36. The van der Waals surface area contributed by atoms with E-state index >= 15 is 0 Å². The maximum absolute atomic E-state index is 9.05. The number of ether oxygens (including phenoxy) is 2. The van der Waals surface area contributed by atoms with Gasteiger partial charge in [-0.15, -0.1) is 0 Å². The minimum atomic E-state index is -0.0297. The van der Waals surface area contributed by atoms with Crippen LogP contribution in [0.3, 0.4) is 0 Å². The molecule has 4 nitrogen and oxygen atoms in total. The van der Waals surface area contributed by atoms with E-state index in [1.807, 2.05) is 0 Å². The molecule has 0 atom stereocenters. The average Bonchev–Trinajstić information content (AvgIpc) is 2.82. The smallest absolute Gasteiger partial charge is 0.256 e. The van der Waals surface area contributed by atoms with Crippen molar-refractivity contribution in [3.63, 3.8) is 0 Å². The third kappa shape index (κ3) is 2.44.